The molecule has 1 unspecified atom stereocenters. The molecule has 1 heterocycles. The molecular weight excluding hydrogens is 582 g/mol. The van der Waals surface area contributed by atoms with Crippen LogP contribution in [0.1, 0.15) is 35.3 Å². The number of halogens is 1. The molecule has 0 fully saturated rings. The van der Waals surface area contributed by atoms with Crippen LogP contribution < -0.4 is 5.32 Å². The van der Waals surface area contributed by atoms with Crippen LogP contribution >= 0.6 is 15.9 Å². The summed E-state index contributed by atoms with van der Waals surface area (Å²) in [7, 11) is -4.20. The van der Waals surface area contributed by atoms with E-state index < -0.39 is 34.4 Å². The van der Waals surface area contributed by atoms with Crippen LogP contribution in [0.25, 0.3) is 0 Å². The number of amides is 3. The molecule has 1 atom stereocenters. The van der Waals surface area contributed by atoms with Gasteiger partial charge in [-0.2, -0.15) is 0 Å². The SMILES string of the molecule is CC(C)CNC(=O)C(Cc1ccccc1)N(Cc1cccc(Br)c1)C(=O)CN1C(=O)c2ccccc2S1(=O)=O. The van der Waals surface area contributed by atoms with Gasteiger partial charge in [-0.1, -0.05) is 84.4 Å². The van der Waals surface area contributed by atoms with Crippen molar-refractivity contribution in [2.75, 3.05) is 13.1 Å². The number of nitrogens with zero attached hydrogens (tertiary/aromatic N) is 2. The lowest BCUT2D eigenvalue weighted by molar-refractivity contribution is -0.141. The zero-order valence-electron chi connectivity index (χ0n) is 21.7. The molecule has 3 aromatic rings. The van der Waals surface area contributed by atoms with E-state index in [0.717, 1.165) is 15.6 Å². The summed E-state index contributed by atoms with van der Waals surface area (Å²) in [6.45, 7) is 3.68. The molecule has 8 nitrogen and oxygen atoms in total. The van der Waals surface area contributed by atoms with Gasteiger partial charge in [-0.15, -0.1) is 0 Å². The zero-order chi connectivity index (χ0) is 28.2. The summed E-state index contributed by atoms with van der Waals surface area (Å²) in [5, 5.41) is 2.93. The van der Waals surface area contributed by atoms with Crippen LogP contribution in [0.5, 0.6) is 0 Å². The second-order valence-electron chi connectivity index (χ2n) is 9.81. The molecule has 10 heteroatoms. The summed E-state index contributed by atoms with van der Waals surface area (Å²) in [6.07, 6.45) is 0.214. The Labute approximate surface area is 237 Å². The number of hydrogen-bond acceptors (Lipinski definition) is 5. The van der Waals surface area contributed by atoms with E-state index in [-0.39, 0.29) is 35.2 Å². The lowest BCUT2D eigenvalue weighted by Gasteiger charge is -2.32. The van der Waals surface area contributed by atoms with Gasteiger partial charge < -0.3 is 10.2 Å². The standard InChI is InChI=1S/C29H30BrN3O5S/c1-20(2)17-31-28(35)25(16-21-9-4-3-5-10-21)32(18-22-11-8-12-23(30)15-22)27(34)19-33-29(36)24-13-6-7-14-26(24)39(33,37)38/h3-15,20,25H,16-19H2,1-2H3,(H,31,35). The minimum atomic E-state index is -4.20. The van der Waals surface area contributed by atoms with E-state index in [2.05, 4.69) is 21.2 Å². The fraction of sp³-hybridized carbons (Fsp3) is 0.276. The number of rotatable bonds is 10. The van der Waals surface area contributed by atoms with Crippen molar-refractivity contribution in [3.8, 4) is 0 Å². The topological polar surface area (TPSA) is 104 Å². The highest BCUT2D eigenvalue weighted by Crippen LogP contribution is 2.30. The van der Waals surface area contributed by atoms with Gasteiger partial charge >= 0.3 is 0 Å². The molecule has 204 valence electrons. The fourth-order valence-electron chi connectivity index (χ4n) is 4.41. The normalized spacial score (nSPS) is 14.7. The minimum absolute atomic E-state index is 0.0272. The van der Waals surface area contributed by atoms with E-state index in [4.69, 9.17) is 0 Å². The third kappa shape index (κ3) is 6.57. The van der Waals surface area contributed by atoms with E-state index >= 15 is 0 Å². The van der Waals surface area contributed by atoms with Crippen LogP contribution in [0, 0.1) is 5.92 Å². The second kappa shape index (κ2) is 12.1. The van der Waals surface area contributed by atoms with E-state index in [0.29, 0.717) is 10.8 Å². The summed E-state index contributed by atoms with van der Waals surface area (Å²) in [5.41, 5.74) is 1.61. The smallest absolute Gasteiger partial charge is 0.269 e. The second-order valence-corrected chi connectivity index (χ2v) is 12.6. The van der Waals surface area contributed by atoms with E-state index in [9.17, 15) is 22.8 Å². The third-order valence-electron chi connectivity index (χ3n) is 6.39. The highest BCUT2D eigenvalue weighted by molar-refractivity contribution is 9.10. The Bertz CT molecular complexity index is 1480. The van der Waals surface area contributed by atoms with Gasteiger partial charge in [0.2, 0.25) is 11.8 Å². The fourth-order valence-corrected chi connectivity index (χ4v) is 6.37. The average molecular weight is 613 g/mol. The van der Waals surface area contributed by atoms with Crippen LogP contribution in [0.2, 0.25) is 0 Å². The Morgan fingerprint density at radius 1 is 0.949 bits per heavy atom. The molecule has 0 radical (unpaired) electrons. The van der Waals surface area contributed by atoms with Crippen molar-refractivity contribution in [3.63, 3.8) is 0 Å². The highest BCUT2D eigenvalue weighted by Gasteiger charge is 2.43. The molecule has 39 heavy (non-hydrogen) atoms. The summed E-state index contributed by atoms with van der Waals surface area (Å²) in [5.74, 6) is -1.58. The van der Waals surface area contributed by atoms with E-state index in [1.165, 1.54) is 23.1 Å². The van der Waals surface area contributed by atoms with Gasteiger partial charge in [0.1, 0.15) is 17.5 Å². The Balaban J connectivity index is 1.71. The first-order chi connectivity index (χ1) is 18.6. The largest absolute Gasteiger partial charge is 0.354 e. The number of carbonyl (C=O) groups is 3. The number of nitrogens with one attached hydrogen (secondary N) is 1. The lowest BCUT2D eigenvalue weighted by atomic mass is 10.0. The molecule has 1 N–H and O–H groups in total. The average Bonchev–Trinajstić information content (AvgIpc) is 3.10. The molecule has 3 aromatic carbocycles. The van der Waals surface area contributed by atoms with Crippen LogP contribution in [-0.2, 0) is 32.6 Å². The Kier molecular flexibility index (Phi) is 8.87. The van der Waals surface area contributed by atoms with E-state index in [1.54, 1.807) is 6.07 Å². The predicted molar refractivity (Wildman–Crippen MR) is 151 cm³/mol. The number of hydrogen-bond donors (Lipinski definition) is 1. The van der Waals surface area contributed by atoms with Crippen molar-refractivity contribution >= 4 is 43.7 Å². The maximum absolute atomic E-state index is 13.9. The van der Waals surface area contributed by atoms with Gasteiger partial charge in [0.15, 0.2) is 0 Å². The maximum Gasteiger partial charge on any atom is 0.269 e. The molecule has 0 spiro atoms. The summed E-state index contributed by atoms with van der Waals surface area (Å²) >= 11 is 3.44. The van der Waals surface area contributed by atoms with Gasteiger partial charge in [-0.05, 0) is 41.3 Å². The quantitative estimate of drug-likeness (QED) is 0.373. The molecule has 4 rings (SSSR count). The van der Waals surface area contributed by atoms with Crippen LogP contribution in [-0.4, -0.2) is 54.5 Å². The molecule has 0 saturated heterocycles. The van der Waals surface area contributed by atoms with Gasteiger partial charge in [0.05, 0.1) is 5.56 Å². The van der Waals surface area contributed by atoms with Crippen molar-refractivity contribution in [3.05, 3.63) is 100 Å². The summed E-state index contributed by atoms with van der Waals surface area (Å²) in [6, 6.07) is 21.6. The van der Waals surface area contributed by atoms with Crippen molar-refractivity contribution in [2.45, 2.75) is 37.8 Å². The maximum atomic E-state index is 13.9. The summed E-state index contributed by atoms with van der Waals surface area (Å²) < 4.78 is 27.7. The van der Waals surface area contributed by atoms with Crippen LogP contribution in [0.15, 0.2) is 88.2 Å². The first-order valence-electron chi connectivity index (χ1n) is 12.6. The van der Waals surface area contributed by atoms with Gasteiger partial charge in [-0.3, -0.25) is 14.4 Å². The highest BCUT2D eigenvalue weighted by atomic mass is 79.9. The third-order valence-corrected chi connectivity index (χ3v) is 8.67. The van der Waals surface area contributed by atoms with Crippen molar-refractivity contribution in [1.82, 2.24) is 14.5 Å². The molecule has 3 amide bonds. The van der Waals surface area contributed by atoms with Crippen molar-refractivity contribution in [2.24, 2.45) is 5.92 Å². The molecule has 0 bridgehead atoms. The molecule has 0 saturated carbocycles. The number of sulfonamides is 1. The van der Waals surface area contributed by atoms with Gasteiger partial charge in [0.25, 0.3) is 15.9 Å². The Morgan fingerprint density at radius 2 is 1.62 bits per heavy atom. The Hall–Kier alpha value is -3.50. The minimum Gasteiger partial charge on any atom is -0.354 e. The van der Waals surface area contributed by atoms with Crippen molar-refractivity contribution < 1.29 is 22.8 Å². The van der Waals surface area contributed by atoms with Crippen LogP contribution in [0.4, 0.5) is 0 Å². The van der Waals surface area contributed by atoms with E-state index in [1.807, 2.05) is 68.4 Å². The molecule has 0 aliphatic carbocycles. The predicted octanol–water partition coefficient (Wildman–Crippen LogP) is 4.01. The molecule has 1 aliphatic heterocycles. The summed E-state index contributed by atoms with van der Waals surface area (Å²) in [4.78, 5) is 41.8. The van der Waals surface area contributed by atoms with Crippen LogP contribution in [0.3, 0.4) is 0 Å². The monoisotopic (exact) mass is 611 g/mol. The first-order valence-corrected chi connectivity index (χ1v) is 14.8. The van der Waals surface area contributed by atoms with Gasteiger partial charge in [0, 0.05) is 24.0 Å². The number of fused-ring (bicyclic) bond motifs is 1. The number of benzene rings is 3. The van der Waals surface area contributed by atoms with Gasteiger partial charge in [-0.25, -0.2) is 12.7 Å². The lowest BCUT2D eigenvalue weighted by Crippen LogP contribution is -2.53. The molecule has 0 aromatic heterocycles. The molecule has 1 aliphatic rings. The first kappa shape index (κ1) is 28.5. The number of carbonyl (C=O) groups excluding carboxylic acids is 3. The Morgan fingerprint density at radius 3 is 2.28 bits per heavy atom. The van der Waals surface area contributed by atoms with Crippen molar-refractivity contribution in [1.29, 1.82) is 0 Å². The zero-order valence-corrected chi connectivity index (χ0v) is 24.1. The molecular formula is C29H30BrN3O5S.